The second kappa shape index (κ2) is 9.40. The molecule has 0 radical (unpaired) electrons. The van der Waals surface area contributed by atoms with E-state index in [1.165, 1.54) is 18.5 Å². The van der Waals surface area contributed by atoms with Crippen LogP contribution in [0.4, 0.5) is 13.2 Å². The summed E-state index contributed by atoms with van der Waals surface area (Å²) in [6.07, 6.45) is -3.05. The summed E-state index contributed by atoms with van der Waals surface area (Å²) in [4.78, 5) is 23.4. The highest BCUT2D eigenvalue weighted by atomic mass is 35.5. The molecule has 3 aromatic rings. The number of rotatable bonds is 4. The van der Waals surface area contributed by atoms with Crippen LogP contribution in [0.2, 0.25) is 0 Å². The molecule has 5 nitrogen and oxygen atoms in total. The first-order chi connectivity index (χ1) is 14.3. The summed E-state index contributed by atoms with van der Waals surface area (Å²) in [6.45, 7) is 4.27. The monoisotopic (exact) mass is 490 g/mol. The molecule has 4 rings (SSSR count). The highest BCUT2D eigenvalue weighted by Gasteiger charge is 2.36. The Morgan fingerprint density at radius 1 is 1.23 bits per heavy atom. The van der Waals surface area contributed by atoms with Crippen molar-refractivity contribution in [3.05, 3.63) is 44.3 Å². The molecule has 0 aliphatic carbocycles. The molecule has 0 saturated carbocycles. The van der Waals surface area contributed by atoms with Crippen molar-refractivity contribution in [1.82, 2.24) is 20.2 Å². The van der Waals surface area contributed by atoms with Gasteiger partial charge >= 0.3 is 6.18 Å². The van der Waals surface area contributed by atoms with Crippen molar-refractivity contribution in [2.24, 2.45) is 0 Å². The smallest absolute Gasteiger partial charge is 0.355 e. The highest BCUT2D eigenvalue weighted by Crippen LogP contribution is 2.41. The van der Waals surface area contributed by atoms with Crippen LogP contribution in [0.1, 0.15) is 51.1 Å². The van der Waals surface area contributed by atoms with E-state index < -0.39 is 17.6 Å². The number of carbonyl (C=O) groups is 1. The number of thiophene rings is 1. The van der Waals surface area contributed by atoms with Crippen LogP contribution in [-0.2, 0) is 12.7 Å². The van der Waals surface area contributed by atoms with Crippen LogP contribution in [0.25, 0.3) is 10.2 Å². The summed E-state index contributed by atoms with van der Waals surface area (Å²) in [6, 6.07) is 1.18. The maximum atomic E-state index is 13.7. The molecule has 0 unspecified atom stereocenters. The summed E-state index contributed by atoms with van der Waals surface area (Å²) >= 11 is 2.54. The number of piperidine rings is 1. The summed E-state index contributed by atoms with van der Waals surface area (Å²) in [5.41, 5.74) is 1.06. The normalized spacial score (nSPS) is 15.8. The molecule has 0 spiro atoms. The molecule has 168 valence electrons. The van der Waals surface area contributed by atoms with Gasteiger partial charge in [0.15, 0.2) is 0 Å². The lowest BCUT2D eigenvalue weighted by Gasteiger charge is -2.31. The van der Waals surface area contributed by atoms with E-state index in [4.69, 9.17) is 0 Å². The Bertz CT molecular complexity index is 1070. The maximum Gasteiger partial charge on any atom is 0.417 e. The van der Waals surface area contributed by atoms with Gasteiger partial charge in [0.25, 0.3) is 5.91 Å². The predicted octanol–water partition coefficient (Wildman–Crippen LogP) is 5.24. The van der Waals surface area contributed by atoms with Crippen LogP contribution in [-0.4, -0.2) is 40.9 Å². The topological polar surface area (TPSA) is 58.1 Å². The van der Waals surface area contributed by atoms with Crippen LogP contribution in [0.3, 0.4) is 0 Å². The molecule has 1 saturated heterocycles. The number of hydrogen-bond acceptors (Lipinski definition) is 6. The third-order valence-corrected chi connectivity index (χ3v) is 7.30. The number of aryl methyl sites for hydroxylation is 1. The molecule has 1 fully saturated rings. The molecule has 11 heteroatoms. The van der Waals surface area contributed by atoms with E-state index in [0.717, 1.165) is 54.5 Å². The Morgan fingerprint density at radius 3 is 2.52 bits per heavy atom. The van der Waals surface area contributed by atoms with Crippen LogP contribution >= 0.6 is 35.1 Å². The summed E-state index contributed by atoms with van der Waals surface area (Å²) in [7, 11) is 1.46. The zero-order valence-electron chi connectivity index (χ0n) is 17.0. The standard InChI is InChI=1S/C20H21F3N4OS2.ClH/c1-11-9-29-16(25-11)8-27-5-3-12(4-6-27)15-7-14(20(21,22)23)18-17(26-15)13(10-30-18)19(28)24-2;/h7,9-10,12H,3-6,8H2,1-2H3,(H,24,28);1H. The number of halogens is 4. The van der Waals surface area contributed by atoms with Gasteiger partial charge in [-0.2, -0.15) is 13.2 Å². The Hall–Kier alpha value is -1.75. The quantitative estimate of drug-likeness (QED) is 0.543. The third-order valence-electron chi connectivity index (χ3n) is 5.35. The third kappa shape index (κ3) is 5.02. The number of fused-ring (bicyclic) bond motifs is 1. The van der Waals surface area contributed by atoms with Gasteiger partial charge < -0.3 is 5.32 Å². The number of alkyl halides is 3. The van der Waals surface area contributed by atoms with Crippen molar-refractivity contribution in [2.75, 3.05) is 20.1 Å². The molecule has 4 heterocycles. The number of carbonyl (C=O) groups excluding carboxylic acids is 1. The second-order valence-corrected chi connectivity index (χ2v) is 9.25. The maximum absolute atomic E-state index is 13.7. The van der Waals surface area contributed by atoms with E-state index in [1.807, 2.05) is 12.3 Å². The molecule has 1 N–H and O–H groups in total. The van der Waals surface area contributed by atoms with Gasteiger partial charge in [0, 0.05) is 35.1 Å². The minimum atomic E-state index is -4.50. The largest absolute Gasteiger partial charge is 0.417 e. The number of hydrogen-bond donors (Lipinski definition) is 1. The van der Waals surface area contributed by atoms with Crippen molar-refractivity contribution in [3.63, 3.8) is 0 Å². The minimum Gasteiger partial charge on any atom is -0.355 e. The van der Waals surface area contributed by atoms with E-state index in [1.54, 1.807) is 11.3 Å². The van der Waals surface area contributed by atoms with Crippen molar-refractivity contribution in [3.8, 4) is 0 Å². The van der Waals surface area contributed by atoms with Crippen molar-refractivity contribution >= 4 is 51.2 Å². The SMILES string of the molecule is CNC(=O)c1csc2c(C(F)(F)F)cc(C3CCN(Cc4nc(C)cs4)CC3)nc12.Cl. The number of thiazole rings is 1. The van der Waals surface area contributed by atoms with Crippen molar-refractivity contribution < 1.29 is 18.0 Å². The van der Waals surface area contributed by atoms with E-state index >= 15 is 0 Å². The van der Waals surface area contributed by atoms with Gasteiger partial charge in [-0.1, -0.05) is 0 Å². The summed E-state index contributed by atoms with van der Waals surface area (Å²) < 4.78 is 41.2. The lowest BCUT2D eigenvalue weighted by Crippen LogP contribution is -2.32. The molecule has 3 aromatic heterocycles. The van der Waals surface area contributed by atoms with Crippen molar-refractivity contribution in [2.45, 2.75) is 38.4 Å². The summed E-state index contributed by atoms with van der Waals surface area (Å²) in [5, 5.41) is 7.01. The average molecular weight is 491 g/mol. The van der Waals surface area contributed by atoms with E-state index in [2.05, 4.69) is 20.2 Å². The molecular formula is C20H22ClF3N4OS2. The molecule has 0 bridgehead atoms. The minimum absolute atomic E-state index is 0. The number of nitrogens with zero attached hydrogens (tertiary/aromatic N) is 3. The van der Waals surface area contributed by atoms with Crippen LogP contribution < -0.4 is 5.32 Å². The molecule has 1 aliphatic rings. The molecule has 0 aromatic carbocycles. The number of nitrogens with one attached hydrogen (secondary N) is 1. The first-order valence-corrected chi connectivity index (χ1v) is 11.4. The Balaban J connectivity index is 0.00000272. The highest BCUT2D eigenvalue weighted by molar-refractivity contribution is 7.17. The van der Waals surface area contributed by atoms with E-state index in [0.29, 0.717) is 5.69 Å². The lowest BCUT2D eigenvalue weighted by atomic mass is 9.92. The Morgan fingerprint density at radius 2 is 1.94 bits per heavy atom. The van der Waals surface area contributed by atoms with Crippen LogP contribution in [0.5, 0.6) is 0 Å². The van der Waals surface area contributed by atoms with Gasteiger partial charge in [-0.3, -0.25) is 14.7 Å². The molecule has 1 amide bonds. The fourth-order valence-corrected chi connectivity index (χ4v) is 5.63. The zero-order chi connectivity index (χ0) is 21.5. The van der Waals surface area contributed by atoms with Gasteiger partial charge in [-0.25, -0.2) is 4.98 Å². The van der Waals surface area contributed by atoms with Crippen molar-refractivity contribution in [1.29, 1.82) is 0 Å². The number of amides is 1. The molecular weight excluding hydrogens is 469 g/mol. The predicted molar refractivity (Wildman–Crippen MR) is 119 cm³/mol. The van der Waals surface area contributed by atoms with Crippen LogP contribution in [0.15, 0.2) is 16.8 Å². The Kier molecular flexibility index (Phi) is 7.25. The summed E-state index contributed by atoms with van der Waals surface area (Å²) in [5.74, 6) is -0.491. The number of aromatic nitrogens is 2. The molecule has 0 atom stereocenters. The number of likely N-dealkylation sites (tertiary alicyclic amines) is 1. The fourth-order valence-electron chi connectivity index (χ4n) is 3.80. The first-order valence-electron chi connectivity index (χ1n) is 9.61. The van der Waals surface area contributed by atoms with Gasteiger partial charge in [0.2, 0.25) is 0 Å². The number of pyridine rings is 1. The fraction of sp³-hybridized carbons (Fsp3) is 0.450. The second-order valence-electron chi connectivity index (χ2n) is 7.43. The molecule has 31 heavy (non-hydrogen) atoms. The Labute approximate surface area is 192 Å². The van der Waals surface area contributed by atoms with Gasteiger partial charge in [-0.05, 0) is 38.9 Å². The van der Waals surface area contributed by atoms with Gasteiger partial charge in [0.1, 0.15) is 5.01 Å². The zero-order valence-corrected chi connectivity index (χ0v) is 19.4. The van der Waals surface area contributed by atoms with E-state index in [9.17, 15) is 18.0 Å². The van der Waals surface area contributed by atoms with Gasteiger partial charge in [-0.15, -0.1) is 35.1 Å². The first kappa shape index (κ1) is 23.9. The van der Waals surface area contributed by atoms with Gasteiger partial charge in [0.05, 0.1) is 27.9 Å². The average Bonchev–Trinajstić information content (AvgIpc) is 3.32. The van der Waals surface area contributed by atoms with E-state index in [-0.39, 0.29) is 34.1 Å². The van der Waals surface area contributed by atoms with Crippen LogP contribution in [0, 0.1) is 6.92 Å². The lowest BCUT2D eigenvalue weighted by molar-refractivity contribution is -0.136. The molecule has 1 aliphatic heterocycles.